The molecule has 0 aliphatic carbocycles. The number of nitrogens with zero attached hydrogens (tertiary/aromatic N) is 1. The highest BCUT2D eigenvalue weighted by Crippen LogP contribution is 2.28. The molecule has 1 amide bonds. The third kappa shape index (κ3) is 2.35. The lowest BCUT2D eigenvalue weighted by molar-refractivity contribution is -0.119. The van der Waals surface area contributed by atoms with Gasteiger partial charge in [-0.15, -0.1) is 0 Å². The fourth-order valence-corrected chi connectivity index (χ4v) is 1.60. The third-order valence-electron chi connectivity index (χ3n) is 1.09. The first kappa shape index (κ1) is 11.7. The number of hydrogen-bond acceptors (Lipinski definition) is 3. The highest BCUT2D eigenvalue weighted by molar-refractivity contribution is 8.26. The van der Waals surface area contributed by atoms with E-state index in [0.717, 1.165) is 4.81 Å². The van der Waals surface area contributed by atoms with E-state index in [-0.39, 0.29) is 5.91 Å². The number of thiocarbonyl (C=S) groups is 1. The summed E-state index contributed by atoms with van der Waals surface area (Å²) in [6.07, 6.45) is 1.70. The van der Waals surface area contributed by atoms with Crippen molar-refractivity contribution in [3.05, 3.63) is 11.0 Å². The van der Waals surface area contributed by atoms with Crippen molar-refractivity contribution in [1.82, 2.24) is 4.81 Å². The maximum absolute atomic E-state index is 11.0. The Bertz CT molecular complexity index is 227. The molecule has 0 saturated carbocycles. The Kier molecular flexibility index (Phi) is 5.25. The SMILES string of the molecule is CC.[B]N1C(=O)/C(=C\C)SC1=S. The van der Waals surface area contributed by atoms with Crippen LogP contribution in [0.15, 0.2) is 11.0 Å². The highest BCUT2D eigenvalue weighted by atomic mass is 32.2. The molecule has 0 aromatic rings. The van der Waals surface area contributed by atoms with E-state index < -0.39 is 0 Å². The average molecular weight is 199 g/mol. The van der Waals surface area contributed by atoms with Crippen molar-refractivity contribution in [2.45, 2.75) is 20.8 Å². The number of carbonyl (C=O) groups is 1. The van der Waals surface area contributed by atoms with Crippen LogP contribution in [0.4, 0.5) is 0 Å². The number of hydrogen-bond donors (Lipinski definition) is 0. The predicted molar refractivity (Wildman–Crippen MR) is 57.9 cm³/mol. The highest BCUT2D eigenvalue weighted by Gasteiger charge is 2.26. The van der Waals surface area contributed by atoms with Crippen LogP contribution >= 0.6 is 24.0 Å². The van der Waals surface area contributed by atoms with E-state index in [9.17, 15) is 4.79 Å². The summed E-state index contributed by atoms with van der Waals surface area (Å²) in [4.78, 5) is 12.6. The van der Waals surface area contributed by atoms with Gasteiger partial charge in [-0.2, -0.15) is 0 Å². The molecule has 1 fully saturated rings. The number of amides is 1. The summed E-state index contributed by atoms with van der Waals surface area (Å²) >= 11 is 5.99. The second-order valence-corrected chi connectivity index (χ2v) is 3.37. The lowest BCUT2D eigenvalue weighted by Gasteiger charge is -2.03. The van der Waals surface area contributed by atoms with Gasteiger partial charge in [-0.3, -0.25) is 4.79 Å². The fraction of sp³-hybridized carbons (Fsp3) is 0.429. The van der Waals surface area contributed by atoms with Crippen LogP contribution in [0.2, 0.25) is 0 Å². The zero-order chi connectivity index (χ0) is 9.72. The van der Waals surface area contributed by atoms with Gasteiger partial charge in [-0.25, -0.2) is 0 Å². The molecule has 64 valence electrons. The number of allylic oxidation sites excluding steroid dienone is 1. The Hall–Kier alpha value is -0.285. The normalized spacial score (nSPS) is 19.6. The zero-order valence-corrected chi connectivity index (χ0v) is 8.96. The quantitative estimate of drug-likeness (QED) is 0.337. The molecule has 0 unspecified atom stereocenters. The molecule has 1 aliphatic rings. The molecule has 0 aromatic heterocycles. The largest absolute Gasteiger partial charge is 0.351 e. The summed E-state index contributed by atoms with van der Waals surface area (Å²) in [5.41, 5.74) is 0. The number of carbonyl (C=O) groups excluding carboxylic acids is 1. The van der Waals surface area contributed by atoms with E-state index in [1.54, 1.807) is 13.0 Å². The van der Waals surface area contributed by atoms with Crippen molar-refractivity contribution < 1.29 is 4.79 Å². The minimum atomic E-state index is -0.211. The van der Waals surface area contributed by atoms with Gasteiger partial charge in [-0.05, 0) is 6.92 Å². The summed E-state index contributed by atoms with van der Waals surface area (Å²) in [5, 5.41) is 0. The first-order chi connectivity index (χ1) is 5.66. The van der Waals surface area contributed by atoms with Crippen molar-refractivity contribution in [3.8, 4) is 0 Å². The van der Waals surface area contributed by atoms with E-state index in [1.807, 2.05) is 13.8 Å². The molecule has 2 radical (unpaired) electrons. The van der Waals surface area contributed by atoms with E-state index in [2.05, 4.69) is 0 Å². The van der Waals surface area contributed by atoms with Crippen LogP contribution < -0.4 is 0 Å². The monoisotopic (exact) mass is 199 g/mol. The minimum Gasteiger partial charge on any atom is -0.351 e. The van der Waals surface area contributed by atoms with Crippen LogP contribution in [-0.2, 0) is 4.79 Å². The summed E-state index contributed by atoms with van der Waals surface area (Å²) < 4.78 is 0.415. The molecule has 2 nitrogen and oxygen atoms in total. The van der Waals surface area contributed by atoms with Gasteiger partial charge in [0, 0.05) is 0 Å². The molecule has 0 N–H and O–H groups in total. The third-order valence-corrected chi connectivity index (χ3v) is 2.53. The zero-order valence-electron chi connectivity index (χ0n) is 7.33. The van der Waals surface area contributed by atoms with Crippen molar-refractivity contribution in [1.29, 1.82) is 0 Å². The Morgan fingerprint density at radius 1 is 1.58 bits per heavy atom. The summed E-state index contributed by atoms with van der Waals surface area (Å²) in [6.45, 7) is 5.78. The molecule has 5 heteroatoms. The summed E-state index contributed by atoms with van der Waals surface area (Å²) in [7, 11) is 5.27. The molecule has 1 rings (SSSR count). The van der Waals surface area contributed by atoms with Gasteiger partial charge in [0.2, 0.25) is 7.98 Å². The summed E-state index contributed by atoms with van der Waals surface area (Å²) in [5.74, 6) is -0.211. The van der Waals surface area contributed by atoms with Crippen molar-refractivity contribution >= 4 is 42.2 Å². The minimum absolute atomic E-state index is 0.211. The molecule has 0 aromatic carbocycles. The van der Waals surface area contributed by atoms with Crippen LogP contribution in [0.5, 0.6) is 0 Å². The molecule has 0 atom stereocenters. The molecular formula is C7H10BNOS2. The molecule has 12 heavy (non-hydrogen) atoms. The topological polar surface area (TPSA) is 20.3 Å². The van der Waals surface area contributed by atoms with Crippen molar-refractivity contribution in [2.24, 2.45) is 0 Å². The Morgan fingerprint density at radius 3 is 2.25 bits per heavy atom. The lowest BCUT2D eigenvalue weighted by atomic mass is 10.3. The van der Waals surface area contributed by atoms with Gasteiger partial charge in [0.15, 0.2) is 0 Å². The van der Waals surface area contributed by atoms with E-state index in [4.69, 9.17) is 20.2 Å². The fourth-order valence-electron chi connectivity index (χ4n) is 0.571. The van der Waals surface area contributed by atoms with Gasteiger partial charge < -0.3 is 4.81 Å². The van der Waals surface area contributed by atoms with Crippen LogP contribution in [0.1, 0.15) is 20.8 Å². The van der Waals surface area contributed by atoms with Gasteiger partial charge in [0.1, 0.15) is 4.32 Å². The van der Waals surface area contributed by atoms with Gasteiger partial charge in [-0.1, -0.05) is 43.9 Å². The van der Waals surface area contributed by atoms with E-state index in [1.165, 1.54) is 11.8 Å². The van der Waals surface area contributed by atoms with Gasteiger partial charge >= 0.3 is 0 Å². The maximum atomic E-state index is 11.0. The molecule has 1 heterocycles. The molecule has 0 spiro atoms. The van der Waals surface area contributed by atoms with E-state index >= 15 is 0 Å². The van der Waals surface area contributed by atoms with Crippen LogP contribution in [0, 0.1) is 0 Å². The van der Waals surface area contributed by atoms with Gasteiger partial charge in [0.25, 0.3) is 5.91 Å². The summed E-state index contributed by atoms with van der Waals surface area (Å²) in [6, 6.07) is 0. The molecule has 0 bridgehead atoms. The first-order valence-corrected chi connectivity index (χ1v) is 4.86. The Morgan fingerprint density at radius 2 is 2.08 bits per heavy atom. The number of rotatable bonds is 0. The molecular weight excluding hydrogens is 189 g/mol. The average Bonchev–Trinajstić information content (AvgIpc) is 2.36. The van der Waals surface area contributed by atoms with Gasteiger partial charge in [0.05, 0.1) is 4.91 Å². The second-order valence-electron chi connectivity index (χ2n) is 1.70. The van der Waals surface area contributed by atoms with Crippen LogP contribution in [0.3, 0.4) is 0 Å². The Balaban J connectivity index is 0.000000561. The number of thioether (sulfide) groups is 1. The van der Waals surface area contributed by atoms with Crippen LogP contribution in [-0.4, -0.2) is 23.0 Å². The lowest BCUT2D eigenvalue weighted by Crippen LogP contribution is -2.24. The van der Waals surface area contributed by atoms with E-state index in [0.29, 0.717) is 9.23 Å². The standard InChI is InChI=1S/C5H4BNOS2.C2H6/c1-2-3-4(8)7(6)5(9)10-3;1-2/h2H,1H3;1-2H3/b3-2+;. The Labute approximate surface area is 83.8 Å². The van der Waals surface area contributed by atoms with Crippen molar-refractivity contribution in [3.63, 3.8) is 0 Å². The van der Waals surface area contributed by atoms with Crippen LogP contribution in [0.25, 0.3) is 0 Å². The predicted octanol–water partition coefficient (Wildman–Crippen LogP) is 1.86. The smallest absolute Gasteiger partial charge is 0.252 e. The second kappa shape index (κ2) is 5.38. The molecule has 1 aliphatic heterocycles. The molecule has 1 saturated heterocycles. The maximum Gasteiger partial charge on any atom is 0.252 e. The first-order valence-electron chi connectivity index (χ1n) is 3.64. The van der Waals surface area contributed by atoms with Crippen molar-refractivity contribution in [2.75, 3.05) is 0 Å².